The Morgan fingerprint density at radius 1 is 1.36 bits per heavy atom. The summed E-state index contributed by atoms with van der Waals surface area (Å²) in [7, 11) is 1.63. The maximum atomic E-state index is 12.1. The minimum atomic E-state index is -2.09. The first-order valence-corrected chi connectivity index (χ1v) is 9.79. The number of nitrogens with zero attached hydrogens (tertiary/aromatic N) is 2. The number of hydrogen-bond acceptors (Lipinski definition) is 5. The van der Waals surface area contributed by atoms with Crippen molar-refractivity contribution in [2.45, 2.75) is 10.2 Å². The number of thiazole rings is 1. The standard InChI is InChI=1S/C15H11BrCl3N3O2S/c1-24-5-4-10-21-11-12(25-10)8-3-2-7(16)6-9(8)20-13(11)22-14(23)15(17,18)19/h2-3,6H,4-5H2,1H3,(H,20,22,23). The molecule has 2 aromatic heterocycles. The van der Waals surface area contributed by atoms with Gasteiger partial charge in [-0.15, -0.1) is 11.3 Å². The van der Waals surface area contributed by atoms with Gasteiger partial charge in [0.2, 0.25) is 0 Å². The van der Waals surface area contributed by atoms with Crippen molar-refractivity contribution in [2.75, 3.05) is 19.0 Å². The smallest absolute Gasteiger partial charge is 0.277 e. The number of fused-ring (bicyclic) bond motifs is 3. The van der Waals surface area contributed by atoms with Crippen molar-refractivity contribution in [3.8, 4) is 0 Å². The SMILES string of the molecule is COCCc1nc2c(NC(=O)C(Cl)(Cl)Cl)nc3cc(Br)ccc3c2s1. The second-order valence-corrected chi connectivity index (χ2v) is 9.38. The molecule has 1 amide bonds. The van der Waals surface area contributed by atoms with Gasteiger partial charge in [0.05, 0.1) is 21.8 Å². The lowest BCUT2D eigenvalue weighted by Crippen LogP contribution is -2.27. The molecule has 1 aromatic carbocycles. The lowest BCUT2D eigenvalue weighted by molar-refractivity contribution is -0.115. The molecule has 0 radical (unpaired) electrons. The lowest BCUT2D eigenvalue weighted by atomic mass is 10.2. The van der Waals surface area contributed by atoms with E-state index in [2.05, 4.69) is 31.2 Å². The summed E-state index contributed by atoms with van der Waals surface area (Å²) in [5, 5.41) is 4.37. The van der Waals surface area contributed by atoms with Crippen LogP contribution in [-0.2, 0) is 16.0 Å². The molecule has 0 aliphatic heterocycles. The van der Waals surface area contributed by atoms with Gasteiger partial charge >= 0.3 is 0 Å². The van der Waals surface area contributed by atoms with Crippen molar-refractivity contribution in [2.24, 2.45) is 0 Å². The third-order valence-electron chi connectivity index (χ3n) is 3.34. The summed E-state index contributed by atoms with van der Waals surface area (Å²) < 4.78 is 4.79. The molecule has 5 nitrogen and oxygen atoms in total. The number of rotatable bonds is 4. The van der Waals surface area contributed by atoms with Gasteiger partial charge in [0.25, 0.3) is 9.70 Å². The van der Waals surface area contributed by atoms with Crippen LogP contribution >= 0.6 is 62.1 Å². The van der Waals surface area contributed by atoms with E-state index in [-0.39, 0.29) is 5.82 Å². The van der Waals surface area contributed by atoms with Gasteiger partial charge in [-0.25, -0.2) is 9.97 Å². The average Bonchev–Trinajstić information content (AvgIpc) is 2.96. The van der Waals surface area contributed by atoms with Crippen LogP contribution in [0.2, 0.25) is 0 Å². The summed E-state index contributed by atoms with van der Waals surface area (Å²) in [5.74, 6) is -0.524. The molecule has 0 saturated heterocycles. The van der Waals surface area contributed by atoms with E-state index in [4.69, 9.17) is 39.5 Å². The number of methoxy groups -OCH3 is 1. The summed E-state index contributed by atoms with van der Waals surface area (Å²) in [5.41, 5.74) is 1.26. The average molecular weight is 484 g/mol. The van der Waals surface area contributed by atoms with Gasteiger partial charge in [-0.2, -0.15) is 0 Å². The highest BCUT2D eigenvalue weighted by atomic mass is 79.9. The number of aromatic nitrogens is 2. The van der Waals surface area contributed by atoms with Crippen molar-refractivity contribution in [1.29, 1.82) is 0 Å². The Kier molecular flexibility index (Phi) is 5.72. The van der Waals surface area contributed by atoms with Crippen molar-refractivity contribution >= 4 is 94.9 Å². The molecule has 132 valence electrons. The Hall–Kier alpha value is -0.700. The molecule has 0 fully saturated rings. The zero-order valence-corrected chi connectivity index (χ0v) is 17.4. The molecular formula is C15H11BrCl3N3O2S. The molecular weight excluding hydrogens is 473 g/mol. The molecule has 3 rings (SSSR count). The van der Waals surface area contributed by atoms with Crippen molar-refractivity contribution in [1.82, 2.24) is 9.97 Å². The Bertz CT molecular complexity index is 958. The van der Waals surface area contributed by atoms with E-state index < -0.39 is 9.70 Å². The van der Waals surface area contributed by atoms with E-state index in [0.29, 0.717) is 24.1 Å². The van der Waals surface area contributed by atoms with E-state index >= 15 is 0 Å². The third-order valence-corrected chi connectivity index (χ3v) is 5.50. The highest BCUT2D eigenvalue weighted by Crippen LogP contribution is 2.36. The molecule has 0 aliphatic carbocycles. The molecule has 2 heterocycles. The van der Waals surface area contributed by atoms with Gasteiger partial charge in [-0.3, -0.25) is 4.79 Å². The number of amides is 1. The molecule has 1 N–H and O–H groups in total. The van der Waals surface area contributed by atoms with Crippen LogP contribution in [0.1, 0.15) is 5.01 Å². The Morgan fingerprint density at radius 2 is 2.12 bits per heavy atom. The normalized spacial score (nSPS) is 12.0. The van der Waals surface area contributed by atoms with Gasteiger partial charge in [0.1, 0.15) is 5.52 Å². The molecule has 3 aromatic rings. The zero-order chi connectivity index (χ0) is 18.2. The number of halogens is 4. The fourth-order valence-electron chi connectivity index (χ4n) is 2.23. The van der Waals surface area contributed by atoms with Gasteiger partial charge in [-0.1, -0.05) is 56.8 Å². The van der Waals surface area contributed by atoms with Gasteiger partial charge in [-0.05, 0) is 12.1 Å². The maximum absolute atomic E-state index is 12.1. The van der Waals surface area contributed by atoms with E-state index in [9.17, 15) is 4.79 Å². The number of benzene rings is 1. The molecule has 0 unspecified atom stereocenters. The molecule has 0 saturated carbocycles. The van der Waals surface area contributed by atoms with Crippen LogP contribution in [0.3, 0.4) is 0 Å². The fraction of sp³-hybridized carbons (Fsp3) is 0.267. The Morgan fingerprint density at radius 3 is 2.80 bits per heavy atom. The number of hydrogen-bond donors (Lipinski definition) is 1. The number of carbonyl (C=O) groups excluding carboxylic acids is 1. The first-order valence-electron chi connectivity index (χ1n) is 7.05. The lowest BCUT2D eigenvalue weighted by Gasteiger charge is -2.12. The fourth-order valence-corrected chi connectivity index (χ4v) is 3.80. The predicted octanol–water partition coefficient (Wildman–Crippen LogP) is 5.10. The van der Waals surface area contributed by atoms with Crippen LogP contribution in [0.15, 0.2) is 22.7 Å². The Balaban J connectivity index is 2.18. The third kappa shape index (κ3) is 4.18. The summed E-state index contributed by atoms with van der Waals surface area (Å²) in [6.07, 6.45) is 0.658. The predicted molar refractivity (Wildman–Crippen MR) is 107 cm³/mol. The molecule has 25 heavy (non-hydrogen) atoms. The van der Waals surface area contributed by atoms with Crippen LogP contribution in [-0.4, -0.2) is 33.4 Å². The zero-order valence-electron chi connectivity index (χ0n) is 12.8. The maximum Gasteiger partial charge on any atom is 0.277 e. The first-order chi connectivity index (χ1) is 11.8. The van der Waals surface area contributed by atoms with Crippen LogP contribution < -0.4 is 5.32 Å². The van der Waals surface area contributed by atoms with E-state index in [1.54, 1.807) is 7.11 Å². The van der Waals surface area contributed by atoms with E-state index in [0.717, 1.165) is 19.6 Å². The van der Waals surface area contributed by atoms with E-state index in [1.165, 1.54) is 11.3 Å². The number of nitrogens with one attached hydrogen (secondary N) is 1. The van der Waals surface area contributed by atoms with Crippen LogP contribution in [0, 0.1) is 0 Å². The molecule has 0 aliphatic rings. The quantitative estimate of drug-likeness (QED) is 0.524. The first kappa shape index (κ1) is 19.1. The minimum absolute atomic E-state index is 0.261. The molecule has 0 bridgehead atoms. The number of alkyl halides is 3. The van der Waals surface area contributed by atoms with Crippen molar-refractivity contribution < 1.29 is 9.53 Å². The largest absolute Gasteiger partial charge is 0.384 e. The number of carbonyl (C=O) groups is 1. The topological polar surface area (TPSA) is 64.1 Å². The highest BCUT2D eigenvalue weighted by molar-refractivity contribution is 9.10. The molecule has 0 spiro atoms. The van der Waals surface area contributed by atoms with Crippen LogP contribution in [0.4, 0.5) is 5.82 Å². The number of anilines is 1. The van der Waals surface area contributed by atoms with Gasteiger partial charge in [0, 0.05) is 23.4 Å². The van der Waals surface area contributed by atoms with E-state index in [1.807, 2.05) is 18.2 Å². The highest BCUT2D eigenvalue weighted by Gasteiger charge is 2.31. The second kappa shape index (κ2) is 7.50. The minimum Gasteiger partial charge on any atom is -0.384 e. The molecule has 10 heteroatoms. The number of ether oxygens (including phenoxy) is 1. The summed E-state index contributed by atoms with van der Waals surface area (Å²) in [4.78, 5) is 21.1. The van der Waals surface area contributed by atoms with Gasteiger partial charge < -0.3 is 10.1 Å². The Labute approximate surface area is 170 Å². The van der Waals surface area contributed by atoms with Gasteiger partial charge in [0.15, 0.2) is 5.82 Å². The second-order valence-electron chi connectivity index (χ2n) is 5.10. The summed E-state index contributed by atoms with van der Waals surface area (Å²) in [6.45, 7) is 0.548. The number of pyridine rings is 1. The molecule has 0 atom stereocenters. The van der Waals surface area contributed by atoms with Crippen molar-refractivity contribution in [3.63, 3.8) is 0 Å². The summed E-state index contributed by atoms with van der Waals surface area (Å²) in [6, 6.07) is 5.74. The van der Waals surface area contributed by atoms with Crippen molar-refractivity contribution in [3.05, 3.63) is 27.7 Å². The van der Waals surface area contributed by atoms with Crippen LogP contribution in [0.25, 0.3) is 21.1 Å². The summed E-state index contributed by atoms with van der Waals surface area (Å²) >= 11 is 21.9. The monoisotopic (exact) mass is 481 g/mol. The van der Waals surface area contributed by atoms with Crippen LogP contribution in [0.5, 0.6) is 0 Å².